The van der Waals surface area contributed by atoms with E-state index in [0.717, 1.165) is 24.1 Å². The number of nitrogens with zero attached hydrogens (tertiary/aromatic N) is 2. The van der Waals surface area contributed by atoms with Gasteiger partial charge in [-0.3, -0.25) is 9.59 Å². The Balaban J connectivity index is 1.81. The molecule has 1 aromatic heterocycles. The van der Waals surface area contributed by atoms with Crippen molar-refractivity contribution in [2.24, 2.45) is 5.92 Å². The lowest BCUT2D eigenvalue weighted by Crippen LogP contribution is -2.35. The van der Waals surface area contributed by atoms with Crippen LogP contribution in [-0.4, -0.2) is 51.1 Å². The van der Waals surface area contributed by atoms with Gasteiger partial charge in [-0.15, -0.1) is 0 Å². The van der Waals surface area contributed by atoms with E-state index >= 15 is 0 Å². The van der Waals surface area contributed by atoms with Crippen LogP contribution < -0.4 is 10.2 Å². The molecule has 0 atom stereocenters. The number of hydrogen-bond donors (Lipinski definition) is 1. The number of carbonyl (C=O) groups excluding carboxylic acids is 2. The molecule has 1 N–H and O–H groups in total. The van der Waals surface area contributed by atoms with Crippen LogP contribution in [-0.2, 0) is 16.1 Å². The molecule has 0 aliphatic heterocycles. The number of benzene rings is 1. The molecule has 2 amide bonds. The number of hydrogen-bond acceptors (Lipinski definition) is 5. The lowest BCUT2D eigenvalue weighted by molar-refractivity contribution is -0.133. The molecule has 0 unspecified atom stereocenters. The predicted molar refractivity (Wildman–Crippen MR) is 107 cm³/mol. The van der Waals surface area contributed by atoms with E-state index in [4.69, 9.17) is 9.15 Å². The van der Waals surface area contributed by atoms with E-state index < -0.39 is 0 Å². The lowest BCUT2D eigenvalue weighted by atomic mass is 10.1. The van der Waals surface area contributed by atoms with Crippen molar-refractivity contribution in [3.05, 3.63) is 47.9 Å². The van der Waals surface area contributed by atoms with Crippen LogP contribution in [0.1, 0.15) is 29.0 Å². The Kier molecular flexibility index (Phi) is 6.36. The van der Waals surface area contributed by atoms with Crippen molar-refractivity contribution in [1.82, 2.24) is 4.90 Å². The third-order valence-electron chi connectivity index (χ3n) is 4.73. The Morgan fingerprint density at radius 2 is 2.04 bits per heavy atom. The minimum Gasteiger partial charge on any atom is -0.459 e. The van der Waals surface area contributed by atoms with E-state index in [1.807, 2.05) is 42.1 Å². The number of nitrogens with one attached hydrogen (secondary N) is 1. The van der Waals surface area contributed by atoms with Gasteiger partial charge in [-0.2, -0.15) is 0 Å². The van der Waals surface area contributed by atoms with Gasteiger partial charge in [-0.25, -0.2) is 0 Å². The molecule has 1 aliphatic rings. The topological polar surface area (TPSA) is 75.0 Å². The standard InChI is InChI=1S/C21H27N3O4/c1-23(2)18-9-8-17(22-20(25)19-5-4-11-28-19)13-16(18)14-24(10-12-27-3)21(26)15-6-7-15/h4-5,8-9,11,13,15H,6-7,10,12,14H2,1-3H3,(H,22,25). The monoisotopic (exact) mass is 385 g/mol. The van der Waals surface area contributed by atoms with Gasteiger partial charge < -0.3 is 24.3 Å². The molecular formula is C21H27N3O4. The molecule has 150 valence electrons. The summed E-state index contributed by atoms with van der Waals surface area (Å²) in [5, 5.41) is 2.85. The van der Waals surface area contributed by atoms with Crippen LogP contribution in [0, 0.1) is 5.92 Å². The van der Waals surface area contributed by atoms with Gasteiger partial charge in [0.15, 0.2) is 5.76 Å². The summed E-state index contributed by atoms with van der Waals surface area (Å²) in [5.41, 5.74) is 2.63. The second-order valence-corrected chi connectivity index (χ2v) is 7.20. The van der Waals surface area contributed by atoms with Crippen LogP contribution in [0.4, 0.5) is 11.4 Å². The van der Waals surface area contributed by atoms with Crippen LogP contribution in [0.25, 0.3) is 0 Å². The molecule has 0 bridgehead atoms. The fourth-order valence-corrected chi connectivity index (χ4v) is 3.09. The molecule has 2 aromatic rings. The second kappa shape index (κ2) is 8.93. The Morgan fingerprint density at radius 1 is 1.25 bits per heavy atom. The Morgan fingerprint density at radius 3 is 2.64 bits per heavy atom. The highest BCUT2D eigenvalue weighted by Crippen LogP contribution is 2.32. The van der Waals surface area contributed by atoms with Crippen molar-refractivity contribution >= 4 is 23.2 Å². The smallest absolute Gasteiger partial charge is 0.291 e. The summed E-state index contributed by atoms with van der Waals surface area (Å²) in [7, 11) is 5.56. The van der Waals surface area contributed by atoms with Gasteiger partial charge >= 0.3 is 0 Å². The van der Waals surface area contributed by atoms with Crippen molar-refractivity contribution in [3.63, 3.8) is 0 Å². The predicted octanol–water partition coefficient (Wildman–Crippen LogP) is 2.98. The third-order valence-corrected chi connectivity index (χ3v) is 4.73. The molecular weight excluding hydrogens is 358 g/mol. The highest BCUT2D eigenvalue weighted by Gasteiger charge is 2.33. The summed E-state index contributed by atoms with van der Waals surface area (Å²) in [5.74, 6) is 0.260. The summed E-state index contributed by atoms with van der Waals surface area (Å²) in [6, 6.07) is 9.00. The second-order valence-electron chi connectivity index (χ2n) is 7.20. The maximum absolute atomic E-state index is 12.7. The van der Waals surface area contributed by atoms with Crippen LogP contribution >= 0.6 is 0 Å². The Labute approximate surface area is 165 Å². The van der Waals surface area contributed by atoms with Crippen molar-refractivity contribution < 1.29 is 18.7 Å². The maximum Gasteiger partial charge on any atom is 0.291 e. The van der Waals surface area contributed by atoms with Crippen LogP contribution in [0.3, 0.4) is 0 Å². The highest BCUT2D eigenvalue weighted by molar-refractivity contribution is 6.02. The van der Waals surface area contributed by atoms with E-state index in [1.165, 1.54) is 6.26 Å². The van der Waals surface area contributed by atoms with Crippen molar-refractivity contribution in [2.75, 3.05) is 44.6 Å². The number of methoxy groups -OCH3 is 1. The Bertz CT molecular complexity index is 813. The summed E-state index contributed by atoms with van der Waals surface area (Å²) in [4.78, 5) is 28.8. The number of furan rings is 1. The molecule has 1 aliphatic carbocycles. The first-order valence-electron chi connectivity index (χ1n) is 9.42. The van der Waals surface area contributed by atoms with E-state index in [0.29, 0.717) is 25.4 Å². The molecule has 1 fully saturated rings. The molecule has 0 radical (unpaired) electrons. The maximum atomic E-state index is 12.7. The third kappa shape index (κ3) is 4.92. The summed E-state index contributed by atoms with van der Waals surface area (Å²) in [6.45, 7) is 1.50. The molecule has 1 heterocycles. The number of carbonyl (C=O) groups is 2. The van der Waals surface area contributed by atoms with E-state index in [1.54, 1.807) is 19.2 Å². The van der Waals surface area contributed by atoms with Gasteiger partial charge in [-0.1, -0.05) is 0 Å². The van der Waals surface area contributed by atoms with Gasteiger partial charge in [0, 0.05) is 51.6 Å². The fraction of sp³-hybridized carbons (Fsp3) is 0.429. The minimum atomic E-state index is -0.307. The Hall–Kier alpha value is -2.80. The van der Waals surface area contributed by atoms with Crippen LogP contribution in [0.15, 0.2) is 41.0 Å². The average Bonchev–Trinajstić information content (AvgIpc) is 3.38. The van der Waals surface area contributed by atoms with Crippen molar-refractivity contribution in [3.8, 4) is 0 Å². The first-order valence-corrected chi connectivity index (χ1v) is 9.42. The van der Waals surface area contributed by atoms with Crippen LogP contribution in [0.2, 0.25) is 0 Å². The van der Waals surface area contributed by atoms with Gasteiger partial charge in [0.1, 0.15) is 0 Å². The number of ether oxygens (including phenoxy) is 1. The molecule has 3 rings (SSSR count). The van der Waals surface area contributed by atoms with E-state index in [2.05, 4.69) is 5.32 Å². The normalized spacial score (nSPS) is 13.2. The van der Waals surface area contributed by atoms with Gasteiger partial charge in [-0.05, 0) is 48.7 Å². The van der Waals surface area contributed by atoms with E-state index in [9.17, 15) is 9.59 Å². The minimum absolute atomic E-state index is 0.140. The number of amides is 2. The van der Waals surface area contributed by atoms with Crippen molar-refractivity contribution in [1.29, 1.82) is 0 Å². The summed E-state index contributed by atoms with van der Waals surface area (Å²) >= 11 is 0. The quantitative estimate of drug-likeness (QED) is 0.718. The number of anilines is 2. The zero-order chi connectivity index (χ0) is 20.1. The zero-order valence-electron chi connectivity index (χ0n) is 16.6. The van der Waals surface area contributed by atoms with Gasteiger partial charge in [0.25, 0.3) is 5.91 Å². The van der Waals surface area contributed by atoms with E-state index in [-0.39, 0.29) is 23.5 Å². The first kappa shape index (κ1) is 19.9. The van der Waals surface area contributed by atoms with Crippen LogP contribution in [0.5, 0.6) is 0 Å². The van der Waals surface area contributed by atoms with Gasteiger partial charge in [0.05, 0.1) is 12.9 Å². The zero-order valence-corrected chi connectivity index (χ0v) is 16.6. The fourth-order valence-electron chi connectivity index (χ4n) is 3.09. The SMILES string of the molecule is COCCN(Cc1cc(NC(=O)c2ccco2)ccc1N(C)C)C(=O)C1CC1. The largest absolute Gasteiger partial charge is 0.459 e. The molecule has 1 aromatic carbocycles. The molecule has 7 nitrogen and oxygen atoms in total. The first-order chi connectivity index (χ1) is 13.5. The molecule has 28 heavy (non-hydrogen) atoms. The average molecular weight is 385 g/mol. The van der Waals surface area contributed by atoms with Crippen molar-refractivity contribution in [2.45, 2.75) is 19.4 Å². The highest BCUT2D eigenvalue weighted by atomic mass is 16.5. The molecule has 0 saturated heterocycles. The summed E-state index contributed by atoms with van der Waals surface area (Å²) in [6.07, 6.45) is 3.39. The lowest BCUT2D eigenvalue weighted by Gasteiger charge is -2.26. The van der Waals surface area contributed by atoms with Gasteiger partial charge in [0.2, 0.25) is 5.91 Å². The molecule has 7 heteroatoms. The molecule has 1 saturated carbocycles. The molecule has 0 spiro atoms. The summed E-state index contributed by atoms with van der Waals surface area (Å²) < 4.78 is 10.3. The number of rotatable bonds is 9.